The average Bonchev–Trinajstić information content (AvgIpc) is 2.15. The van der Waals surface area contributed by atoms with E-state index in [0.717, 1.165) is 18.4 Å². The lowest BCUT2D eigenvalue weighted by molar-refractivity contribution is -0.139. The summed E-state index contributed by atoms with van der Waals surface area (Å²) < 4.78 is 48.7. The SMILES string of the molecule is CS(=O)c1ccc(B(O)O)cc1C(F)(F)F. The molecule has 8 heteroatoms. The van der Waals surface area contributed by atoms with Crippen LogP contribution in [0.4, 0.5) is 13.2 Å². The first-order valence-electron chi connectivity index (χ1n) is 4.14. The molecule has 0 spiro atoms. The highest BCUT2D eigenvalue weighted by Crippen LogP contribution is 2.32. The fourth-order valence-corrected chi connectivity index (χ4v) is 1.92. The molecule has 0 radical (unpaired) electrons. The summed E-state index contributed by atoms with van der Waals surface area (Å²) in [6, 6.07) is 2.66. The Hall–Kier alpha value is -0.855. The Morgan fingerprint density at radius 2 is 1.88 bits per heavy atom. The van der Waals surface area contributed by atoms with Crippen LogP contribution in [0.15, 0.2) is 23.1 Å². The van der Waals surface area contributed by atoms with Gasteiger partial charge in [0.2, 0.25) is 0 Å². The minimum atomic E-state index is -4.67. The third kappa shape index (κ3) is 2.84. The molecule has 0 aliphatic carbocycles. The summed E-state index contributed by atoms with van der Waals surface area (Å²) in [5.41, 5.74) is -1.40. The molecule has 0 bridgehead atoms. The first-order valence-corrected chi connectivity index (χ1v) is 5.70. The van der Waals surface area contributed by atoms with E-state index >= 15 is 0 Å². The van der Waals surface area contributed by atoms with E-state index in [2.05, 4.69) is 0 Å². The van der Waals surface area contributed by atoms with Crippen molar-refractivity contribution in [2.24, 2.45) is 0 Å². The van der Waals surface area contributed by atoms with Gasteiger partial charge >= 0.3 is 13.3 Å². The van der Waals surface area contributed by atoms with Crippen molar-refractivity contribution in [2.75, 3.05) is 6.26 Å². The predicted octanol–water partition coefficient (Wildman–Crippen LogP) is 0.123. The third-order valence-electron chi connectivity index (χ3n) is 1.92. The molecule has 3 nitrogen and oxygen atoms in total. The lowest BCUT2D eigenvalue weighted by atomic mass is 9.79. The number of hydrogen-bond acceptors (Lipinski definition) is 3. The van der Waals surface area contributed by atoms with Gasteiger partial charge in [0.25, 0.3) is 0 Å². The standard InChI is InChI=1S/C8H8BF3O3S/c1-16(15)7-3-2-5(9(13)14)4-6(7)8(10,11)12/h2-4,13-14H,1H3. The number of benzene rings is 1. The molecule has 0 heterocycles. The minimum absolute atomic E-state index is 0.290. The molecule has 2 N–H and O–H groups in total. The van der Waals surface area contributed by atoms with Gasteiger partial charge in [0, 0.05) is 6.26 Å². The summed E-state index contributed by atoms with van der Waals surface area (Å²) in [6.45, 7) is 0. The maximum atomic E-state index is 12.6. The molecule has 16 heavy (non-hydrogen) atoms. The molecule has 1 aromatic rings. The van der Waals surface area contributed by atoms with Crippen LogP contribution >= 0.6 is 0 Å². The Balaban J connectivity index is 3.39. The highest BCUT2D eigenvalue weighted by molar-refractivity contribution is 7.84. The smallest absolute Gasteiger partial charge is 0.423 e. The summed E-state index contributed by atoms with van der Waals surface area (Å²) >= 11 is 0. The molecule has 1 aromatic carbocycles. The Bertz CT molecular complexity index is 419. The second-order valence-electron chi connectivity index (χ2n) is 3.08. The molecule has 1 unspecified atom stereocenters. The molecular weight excluding hydrogens is 244 g/mol. The molecule has 0 amide bonds. The van der Waals surface area contributed by atoms with Crippen molar-refractivity contribution in [1.29, 1.82) is 0 Å². The van der Waals surface area contributed by atoms with Gasteiger partial charge in [-0.15, -0.1) is 0 Å². The molecule has 88 valence electrons. The van der Waals surface area contributed by atoms with Crippen molar-refractivity contribution in [3.05, 3.63) is 23.8 Å². The van der Waals surface area contributed by atoms with E-state index in [0.29, 0.717) is 6.07 Å². The van der Waals surface area contributed by atoms with Gasteiger partial charge in [0.1, 0.15) is 0 Å². The van der Waals surface area contributed by atoms with Crippen LogP contribution in [0, 0.1) is 0 Å². The van der Waals surface area contributed by atoms with Gasteiger partial charge in [0.05, 0.1) is 21.3 Å². The van der Waals surface area contributed by atoms with Crippen molar-refractivity contribution in [3.63, 3.8) is 0 Å². The lowest BCUT2D eigenvalue weighted by Crippen LogP contribution is -2.31. The molecular formula is C8H8BF3O3S. The van der Waals surface area contributed by atoms with Crippen LogP contribution in [0.5, 0.6) is 0 Å². The first-order chi connectivity index (χ1) is 7.23. The largest absolute Gasteiger partial charge is 0.488 e. The summed E-state index contributed by atoms with van der Waals surface area (Å²) in [5.74, 6) is 0. The van der Waals surface area contributed by atoms with Gasteiger partial charge in [-0.3, -0.25) is 4.21 Å². The van der Waals surface area contributed by atoms with Gasteiger partial charge in [-0.1, -0.05) is 6.07 Å². The van der Waals surface area contributed by atoms with E-state index in [9.17, 15) is 17.4 Å². The van der Waals surface area contributed by atoms with Crippen LogP contribution in [0.2, 0.25) is 0 Å². The van der Waals surface area contributed by atoms with E-state index in [1.54, 1.807) is 0 Å². The van der Waals surface area contributed by atoms with Crippen LogP contribution in [0.3, 0.4) is 0 Å². The first kappa shape index (κ1) is 13.2. The van der Waals surface area contributed by atoms with Crippen molar-refractivity contribution >= 4 is 23.4 Å². The van der Waals surface area contributed by atoms with E-state index in [1.807, 2.05) is 0 Å². The van der Waals surface area contributed by atoms with Crippen molar-refractivity contribution in [2.45, 2.75) is 11.1 Å². The number of alkyl halides is 3. The number of rotatable bonds is 2. The van der Waals surface area contributed by atoms with Crippen LogP contribution in [-0.2, 0) is 17.0 Å². The molecule has 0 aliphatic heterocycles. The summed E-state index contributed by atoms with van der Waals surface area (Å²) in [4.78, 5) is -0.378. The van der Waals surface area contributed by atoms with Crippen molar-refractivity contribution < 1.29 is 27.4 Å². The van der Waals surface area contributed by atoms with Crippen molar-refractivity contribution in [1.82, 2.24) is 0 Å². The zero-order chi connectivity index (χ0) is 12.5. The Morgan fingerprint density at radius 1 is 1.31 bits per heavy atom. The van der Waals surface area contributed by atoms with Gasteiger partial charge in [-0.2, -0.15) is 13.2 Å². The zero-order valence-electron chi connectivity index (χ0n) is 8.15. The van der Waals surface area contributed by atoms with E-state index in [-0.39, 0.29) is 10.4 Å². The monoisotopic (exact) mass is 252 g/mol. The molecule has 0 saturated heterocycles. The normalized spacial score (nSPS) is 13.6. The molecule has 1 atom stereocenters. The van der Waals surface area contributed by atoms with Gasteiger partial charge < -0.3 is 10.0 Å². The van der Waals surface area contributed by atoms with Gasteiger partial charge in [0.15, 0.2) is 0 Å². The van der Waals surface area contributed by atoms with Crippen LogP contribution in [0.1, 0.15) is 5.56 Å². The molecule has 0 aromatic heterocycles. The second-order valence-corrected chi connectivity index (χ2v) is 4.43. The average molecular weight is 252 g/mol. The quantitative estimate of drug-likeness (QED) is 0.735. The van der Waals surface area contributed by atoms with Crippen LogP contribution in [0.25, 0.3) is 0 Å². The molecule has 0 fully saturated rings. The highest BCUT2D eigenvalue weighted by atomic mass is 32.2. The fraction of sp³-hybridized carbons (Fsp3) is 0.250. The topological polar surface area (TPSA) is 57.5 Å². The maximum Gasteiger partial charge on any atom is 0.488 e. The Morgan fingerprint density at radius 3 is 2.25 bits per heavy atom. The summed E-state index contributed by atoms with van der Waals surface area (Å²) in [6.07, 6.45) is -3.55. The Kier molecular flexibility index (Phi) is 3.77. The summed E-state index contributed by atoms with van der Waals surface area (Å²) in [7, 11) is -3.78. The van der Waals surface area contributed by atoms with Crippen molar-refractivity contribution in [3.8, 4) is 0 Å². The van der Waals surface area contributed by atoms with E-state index in [1.165, 1.54) is 0 Å². The number of hydrogen-bond donors (Lipinski definition) is 2. The second kappa shape index (κ2) is 4.56. The van der Waals surface area contributed by atoms with Crippen LogP contribution < -0.4 is 5.46 Å². The van der Waals surface area contributed by atoms with E-state index < -0.39 is 29.7 Å². The molecule has 1 rings (SSSR count). The van der Waals surface area contributed by atoms with Gasteiger partial charge in [-0.05, 0) is 17.6 Å². The predicted molar refractivity (Wildman–Crippen MR) is 53.6 cm³/mol. The number of halogens is 3. The summed E-state index contributed by atoms with van der Waals surface area (Å²) in [5, 5.41) is 17.5. The van der Waals surface area contributed by atoms with E-state index in [4.69, 9.17) is 10.0 Å². The fourth-order valence-electron chi connectivity index (χ4n) is 1.18. The Labute approximate surface area is 92.5 Å². The minimum Gasteiger partial charge on any atom is -0.423 e. The zero-order valence-corrected chi connectivity index (χ0v) is 8.97. The maximum absolute atomic E-state index is 12.6. The third-order valence-corrected chi connectivity index (χ3v) is 2.89. The highest BCUT2D eigenvalue weighted by Gasteiger charge is 2.35. The molecule has 0 saturated carbocycles. The van der Waals surface area contributed by atoms with Crippen LogP contribution in [-0.4, -0.2) is 27.6 Å². The molecule has 0 aliphatic rings. The lowest BCUT2D eigenvalue weighted by Gasteiger charge is -2.12. The van der Waals surface area contributed by atoms with Gasteiger partial charge in [-0.25, -0.2) is 0 Å².